The highest BCUT2D eigenvalue weighted by atomic mass is 16.6. The van der Waals surface area contributed by atoms with Gasteiger partial charge < -0.3 is 36.4 Å². The lowest BCUT2D eigenvalue weighted by Gasteiger charge is -2.23. The van der Waals surface area contributed by atoms with E-state index in [4.69, 9.17) is 9.84 Å². The summed E-state index contributed by atoms with van der Waals surface area (Å²) in [5, 5.41) is 20.5. The van der Waals surface area contributed by atoms with Crippen LogP contribution in [0.2, 0.25) is 0 Å². The molecule has 13 heteroatoms. The fourth-order valence-corrected chi connectivity index (χ4v) is 2.16. The Balaban J connectivity index is 4.65. The van der Waals surface area contributed by atoms with E-state index in [1.165, 1.54) is 34.6 Å². The van der Waals surface area contributed by atoms with Crippen molar-refractivity contribution in [2.45, 2.75) is 91.2 Å². The molecule has 0 bridgehead atoms. The quantitative estimate of drug-likeness (QED) is 0.233. The van der Waals surface area contributed by atoms with Gasteiger partial charge >= 0.3 is 12.1 Å². The number of carboxylic acids is 1. The Morgan fingerprint density at radius 3 is 1.12 bits per heavy atom. The number of ether oxygens (including phenoxy) is 1. The Bertz CT molecular complexity index is 764. The minimum Gasteiger partial charge on any atom is -0.480 e. The SMILES string of the molecule is C[C@H](NC(=O)[C@H](C)NC(=O)[C@H](C)NC(=O)[C@H](C)NC(=O)[C@H](C)NC(=O)OC(C)(C)C)C(=O)O. The largest absolute Gasteiger partial charge is 0.480 e. The molecular formula is C20H35N5O8. The van der Waals surface area contributed by atoms with Crippen LogP contribution in [0.4, 0.5) is 4.79 Å². The predicted octanol–water partition coefficient (Wildman–Crippen LogP) is -0.997. The highest BCUT2D eigenvalue weighted by Crippen LogP contribution is 2.06. The maximum absolute atomic E-state index is 12.3. The van der Waals surface area contributed by atoms with Gasteiger partial charge in [-0.15, -0.1) is 0 Å². The summed E-state index contributed by atoms with van der Waals surface area (Å²) in [7, 11) is 0. The number of carbonyl (C=O) groups excluding carboxylic acids is 5. The Hall–Kier alpha value is -3.38. The molecule has 0 fully saturated rings. The van der Waals surface area contributed by atoms with E-state index < -0.39 is 71.5 Å². The van der Waals surface area contributed by atoms with Crippen molar-refractivity contribution in [3.05, 3.63) is 0 Å². The van der Waals surface area contributed by atoms with E-state index in [-0.39, 0.29) is 0 Å². The average molecular weight is 474 g/mol. The number of carboxylic acid groups (broad SMARTS) is 1. The summed E-state index contributed by atoms with van der Waals surface area (Å²) in [5.41, 5.74) is -0.739. The van der Waals surface area contributed by atoms with Crippen molar-refractivity contribution < 1.29 is 38.6 Å². The van der Waals surface area contributed by atoms with Gasteiger partial charge in [0.25, 0.3) is 0 Å². The summed E-state index contributed by atoms with van der Waals surface area (Å²) < 4.78 is 5.06. The zero-order chi connectivity index (χ0) is 26.1. The molecular weight excluding hydrogens is 438 g/mol. The summed E-state index contributed by atoms with van der Waals surface area (Å²) in [5.74, 6) is -3.93. The second kappa shape index (κ2) is 12.6. The van der Waals surface area contributed by atoms with Gasteiger partial charge in [0.05, 0.1) is 0 Å². The molecule has 0 radical (unpaired) electrons. The molecule has 0 rings (SSSR count). The Morgan fingerprint density at radius 2 is 0.848 bits per heavy atom. The molecule has 33 heavy (non-hydrogen) atoms. The topological polar surface area (TPSA) is 192 Å². The van der Waals surface area contributed by atoms with E-state index in [1.54, 1.807) is 20.8 Å². The molecule has 0 saturated heterocycles. The van der Waals surface area contributed by atoms with Crippen molar-refractivity contribution in [1.82, 2.24) is 26.6 Å². The predicted molar refractivity (Wildman–Crippen MR) is 117 cm³/mol. The standard InChI is InChI=1S/C20H35N5O8/c1-9(14(26)22-11(3)16(28)24-13(5)18(30)31)21-15(27)10(2)23-17(29)12(4)25-19(32)33-20(6,7)8/h9-13H,1-8H3,(H,21,27)(H,22,26)(H,23,29)(H,24,28)(H,25,32)(H,30,31)/t9-,10-,11-,12-,13-/m0/s1. The number of amides is 5. The number of aliphatic carboxylic acids is 1. The minimum absolute atomic E-state index is 0.640. The Kier molecular flexibility index (Phi) is 11.3. The van der Waals surface area contributed by atoms with Gasteiger partial charge in [-0.1, -0.05) is 0 Å². The zero-order valence-corrected chi connectivity index (χ0v) is 20.2. The van der Waals surface area contributed by atoms with Crippen molar-refractivity contribution >= 4 is 35.7 Å². The van der Waals surface area contributed by atoms with Crippen LogP contribution in [0.5, 0.6) is 0 Å². The van der Waals surface area contributed by atoms with Crippen LogP contribution in [0, 0.1) is 0 Å². The molecule has 0 saturated carbocycles. The van der Waals surface area contributed by atoms with Gasteiger partial charge in [-0.2, -0.15) is 0 Å². The van der Waals surface area contributed by atoms with Crippen LogP contribution < -0.4 is 26.6 Å². The minimum atomic E-state index is -1.23. The van der Waals surface area contributed by atoms with E-state index >= 15 is 0 Å². The molecule has 188 valence electrons. The number of nitrogens with one attached hydrogen (secondary N) is 5. The first kappa shape index (κ1) is 29.6. The molecule has 0 aromatic carbocycles. The first-order chi connectivity index (χ1) is 14.9. The van der Waals surface area contributed by atoms with E-state index in [1.807, 2.05) is 0 Å². The summed E-state index contributed by atoms with van der Waals surface area (Å²) in [6.07, 6.45) is -0.788. The monoisotopic (exact) mass is 473 g/mol. The highest BCUT2D eigenvalue weighted by Gasteiger charge is 2.27. The van der Waals surface area contributed by atoms with Crippen LogP contribution >= 0.6 is 0 Å². The van der Waals surface area contributed by atoms with Gasteiger partial charge in [0, 0.05) is 0 Å². The molecule has 5 atom stereocenters. The van der Waals surface area contributed by atoms with Gasteiger partial charge in [-0.25, -0.2) is 4.79 Å². The third-order valence-electron chi connectivity index (χ3n) is 4.11. The molecule has 13 nitrogen and oxygen atoms in total. The number of rotatable bonds is 10. The molecule has 5 amide bonds. The van der Waals surface area contributed by atoms with Crippen LogP contribution in [0.1, 0.15) is 55.4 Å². The molecule has 0 spiro atoms. The highest BCUT2D eigenvalue weighted by molar-refractivity contribution is 5.95. The molecule has 0 aromatic heterocycles. The lowest BCUT2D eigenvalue weighted by Crippen LogP contribution is -2.56. The van der Waals surface area contributed by atoms with E-state index in [0.29, 0.717) is 0 Å². The van der Waals surface area contributed by atoms with Gasteiger partial charge in [0.15, 0.2) is 0 Å². The first-order valence-corrected chi connectivity index (χ1v) is 10.4. The Labute approximate surface area is 192 Å². The van der Waals surface area contributed by atoms with Gasteiger partial charge in [-0.3, -0.25) is 24.0 Å². The Morgan fingerprint density at radius 1 is 0.576 bits per heavy atom. The third kappa shape index (κ3) is 11.7. The second-order valence-corrected chi connectivity index (χ2v) is 8.63. The first-order valence-electron chi connectivity index (χ1n) is 10.4. The molecule has 0 aliphatic carbocycles. The average Bonchev–Trinajstić information content (AvgIpc) is 2.65. The van der Waals surface area contributed by atoms with Crippen molar-refractivity contribution in [3.63, 3.8) is 0 Å². The summed E-state index contributed by atoms with van der Waals surface area (Å²) in [6.45, 7) is 11.8. The van der Waals surface area contributed by atoms with Crippen LogP contribution in [0.3, 0.4) is 0 Å². The molecule has 0 aromatic rings. The van der Waals surface area contributed by atoms with Crippen molar-refractivity contribution in [3.8, 4) is 0 Å². The van der Waals surface area contributed by atoms with Crippen LogP contribution in [-0.4, -0.2) is 76.6 Å². The van der Waals surface area contributed by atoms with Crippen LogP contribution in [-0.2, 0) is 28.7 Å². The fourth-order valence-electron chi connectivity index (χ4n) is 2.16. The number of carbonyl (C=O) groups is 6. The van der Waals surface area contributed by atoms with E-state index in [0.717, 1.165) is 0 Å². The zero-order valence-electron chi connectivity index (χ0n) is 20.2. The van der Waals surface area contributed by atoms with Crippen molar-refractivity contribution in [2.75, 3.05) is 0 Å². The lowest BCUT2D eigenvalue weighted by atomic mass is 10.2. The number of alkyl carbamates (subject to hydrolysis) is 1. The normalized spacial score (nSPS) is 15.5. The maximum atomic E-state index is 12.3. The summed E-state index contributed by atoms with van der Waals surface area (Å²) in [6, 6.07) is -5.25. The molecule has 0 heterocycles. The smallest absolute Gasteiger partial charge is 0.408 e. The van der Waals surface area contributed by atoms with E-state index in [2.05, 4.69) is 26.6 Å². The van der Waals surface area contributed by atoms with Crippen LogP contribution in [0.15, 0.2) is 0 Å². The van der Waals surface area contributed by atoms with Crippen LogP contribution in [0.25, 0.3) is 0 Å². The number of hydrogen-bond acceptors (Lipinski definition) is 7. The van der Waals surface area contributed by atoms with E-state index in [9.17, 15) is 28.8 Å². The van der Waals surface area contributed by atoms with Gasteiger partial charge in [0.1, 0.15) is 35.8 Å². The lowest BCUT2D eigenvalue weighted by molar-refractivity contribution is -0.141. The summed E-state index contributed by atoms with van der Waals surface area (Å²) in [4.78, 5) is 71.2. The van der Waals surface area contributed by atoms with Crippen molar-refractivity contribution in [2.24, 2.45) is 0 Å². The molecule has 0 aliphatic heterocycles. The third-order valence-corrected chi connectivity index (χ3v) is 4.11. The molecule has 6 N–H and O–H groups in total. The van der Waals surface area contributed by atoms with Crippen molar-refractivity contribution in [1.29, 1.82) is 0 Å². The fraction of sp³-hybridized carbons (Fsp3) is 0.700. The maximum Gasteiger partial charge on any atom is 0.408 e. The number of hydrogen-bond donors (Lipinski definition) is 6. The summed E-state index contributed by atoms with van der Waals surface area (Å²) >= 11 is 0. The van der Waals surface area contributed by atoms with Gasteiger partial charge in [0.2, 0.25) is 23.6 Å². The van der Waals surface area contributed by atoms with Gasteiger partial charge in [-0.05, 0) is 55.4 Å². The second-order valence-electron chi connectivity index (χ2n) is 8.63. The molecule has 0 aliphatic rings. The molecule has 0 unspecified atom stereocenters.